The average Bonchev–Trinajstić information content (AvgIpc) is 1.84. The van der Waals surface area contributed by atoms with Crippen molar-refractivity contribution in [3.05, 3.63) is 0 Å². The van der Waals surface area contributed by atoms with Gasteiger partial charge in [-0.2, -0.15) is 0 Å². The summed E-state index contributed by atoms with van der Waals surface area (Å²) in [6.45, 7) is 3.64. The van der Waals surface area contributed by atoms with Crippen LogP contribution in [0.3, 0.4) is 0 Å². The quantitative estimate of drug-likeness (QED) is 0.472. The molecule has 0 aliphatic heterocycles. The van der Waals surface area contributed by atoms with Crippen LogP contribution in [0.15, 0.2) is 0 Å². The minimum atomic E-state index is 0.0943. The van der Waals surface area contributed by atoms with Crippen molar-refractivity contribution in [2.45, 2.75) is 25.9 Å². The van der Waals surface area contributed by atoms with Gasteiger partial charge in [-0.05, 0) is 6.42 Å². The topological polar surface area (TPSA) is 20.3 Å². The third-order valence-electron chi connectivity index (χ3n) is 1.28. The molecular formula is C5H12BrNOSi. The molecule has 1 atom stereocenters. The Balaban J connectivity index is 3.72. The van der Waals surface area contributed by atoms with E-state index in [-0.39, 0.29) is 5.91 Å². The Labute approximate surface area is 67.4 Å². The van der Waals surface area contributed by atoms with Gasteiger partial charge in [0.1, 0.15) is 0 Å². The standard InChI is InChI=1S/C5H12BrNOSi/c1-3-5(9)7(6)4(2)8/h5H,3H2,1-2,9H3. The third kappa shape index (κ3) is 3.00. The molecule has 4 heteroatoms. The molecule has 9 heavy (non-hydrogen) atoms. The SMILES string of the molecule is CCC([SiH3])N(Br)C(C)=O. The number of nitrogens with zero attached hydrogens (tertiary/aromatic N) is 1. The number of halogens is 1. The monoisotopic (exact) mass is 209 g/mol. The number of carbonyl (C=O) groups is 1. The highest BCUT2D eigenvalue weighted by atomic mass is 79.9. The minimum Gasteiger partial charge on any atom is -0.280 e. The molecule has 1 unspecified atom stereocenters. The lowest BCUT2D eigenvalue weighted by Crippen LogP contribution is -2.29. The van der Waals surface area contributed by atoms with E-state index in [2.05, 4.69) is 23.1 Å². The van der Waals surface area contributed by atoms with Gasteiger partial charge in [0.05, 0.1) is 16.1 Å². The second kappa shape index (κ2) is 4.06. The number of carbonyl (C=O) groups excluding carboxylic acids is 1. The van der Waals surface area contributed by atoms with Crippen molar-refractivity contribution in [3.63, 3.8) is 0 Å². The van der Waals surface area contributed by atoms with Crippen molar-refractivity contribution in [3.8, 4) is 0 Å². The molecule has 0 aromatic rings. The Bertz CT molecular complexity index is 109. The molecule has 0 heterocycles. The molecule has 0 fully saturated rings. The van der Waals surface area contributed by atoms with Crippen molar-refractivity contribution in [1.29, 1.82) is 0 Å². The van der Waals surface area contributed by atoms with Gasteiger partial charge < -0.3 is 0 Å². The average molecular weight is 210 g/mol. The maximum absolute atomic E-state index is 10.6. The maximum Gasteiger partial charge on any atom is 0.229 e. The van der Waals surface area contributed by atoms with Crippen LogP contribution in [0.1, 0.15) is 20.3 Å². The van der Waals surface area contributed by atoms with Crippen LogP contribution in [0.5, 0.6) is 0 Å². The van der Waals surface area contributed by atoms with Gasteiger partial charge in [-0.3, -0.25) is 8.72 Å². The van der Waals surface area contributed by atoms with Crippen LogP contribution in [0.4, 0.5) is 0 Å². The zero-order chi connectivity index (χ0) is 7.44. The first-order valence-corrected chi connectivity index (χ1v) is 4.91. The van der Waals surface area contributed by atoms with Crippen molar-refractivity contribution in [2.24, 2.45) is 0 Å². The summed E-state index contributed by atoms with van der Waals surface area (Å²) in [7, 11) is 1.03. The molecule has 0 spiro atoms. The molecule has 0 bridgehead atoms. The number of hydrogen-bond acceptors (Lipinski definition) is 1. The fraction of sp³-hybridized carbons (Fsp3) is 0.800. The van der Waals surface area contributed by atoms with Crippen LogP contribution in [0.2, 0.25) is 0 Å². The molecule has 0 rings (SSSR count). The smallest absolute Gasteiger partial charge is 0.229 e. The van der Waals surface area contributed by atoms with Crippen LogP contribution < -0.4 is 0 Å². The van der Waals surface area contributed by atoms with Crippen molar-refractivity contribution in [1.82, 2.24) is 3.93 Å². The van der Waals surface area contributed by atoms with Crippen molar-refractivity contribution in [2.75, 3.05) is 0 Å². The lowest BCUT2D eigenvalue weighted by Gasteiger charge is -2.18. The maximum atomic E-state index is 10.6. The summed E-state index contributed by atoms with van der Waals surface area (Å²) in [5, 5.41) is 0. The summed E-state index contributed by atoms with van der Waals surface area (Å²) in [6, 6.07) is 0. The molecule has 54 valence electrons. The molecule has 2 nitrogen and oxygen atoms in total. The van der Waals surface area contributed by atoms with Gasteiger partial charge in [0, 0.05) is 22.8 Å². The summed E-state index contributed by atoms with van der Waals surface area (Å²) in [4.78, 5) is 10.6. The second-order valence-corrected chi connectivity index (χ2v) is 4.18. The summed E-state index contributed by atoms with van der Waals surface area (Å²) < 4.78 is 1.62. The first kappa shape index (κ1) is 9.17. The van der Waals surface area contributed by atoms with Crippen molar-refractivity contribution >= 4 is 32.3 Å². The molecule has 0 N–H and O–H groups in total. The summed E-state index contributed by atoms with van der Waals surface area (Å²) in [6.07, 6.45) is 1.04. The van der Waals surface area contributed by atoms with Gasteiger partial charge >= 0.3 is 0 Å². The molecule has 0 saturated carbocycles. The van der Waals surface area contributed by atoms with Crippen LogP contribution in [0, 0.1) is 0 Å². The van der Waals surface area contributed by atoms with Gasteiger partial charge in [-0.1, -0.05) is 6.92 Å². The molecule has 0 saturated heterocycles. The van der Waals surface area contributed by atoms with Crippen LogP contribution in [0.25, 0.3) is 0 Å². The Morgan fingerprint density at radius 1 is 1.89 bits per heavy atom. The highest BCUT2D eigenvalue weighted by molar-refractivity contribution is 9.07. The molecule has 0 aromatic carbocycles. The minimum absolute atomic E-state index is 0.0943. The summed E-state index contributed by atoms with van der Waals surface area (Å²) in [5.41, 5.74) is 0.433. The molecule has 0 aromatic heterocycles. The highest BCUT2D eigenvalue weighted by Crippen LogP contribution is 2.05. The Morgan fingerprint density at radius 3 is 2.44 bits per heavy atom. The normalized spacial score (nSPS) is 13.2. The van der Waals surface area contributed by atoms with Crippen LogP contribution >= 0.6 is 16.1 Å². The molecule has 0 radical (unpaired) electrons. The van der Waals surface area contributed by atoms with E-state index in [4.69, 9.17) is 0 Å². The van der Waals surface area contributed by atoms with E-state index in [1.54, 1.807) is 10.8 Å². The summed E-state index contributed by atoms with van der Waals surface area (Å²) >= 11 is 3.19. The first-order valence-electron chi connectivity index (χ1n) is 3.05. The lowest BCUT2D eigenvalue weighted by atomic mass is 10.4. The predicted molar refractivity (Wildman–Crippen MR) is 45.5 cm³/mol. The molecule has 0 aliphatic rings. The number of rotatable bonds is 2. The highest BCUT2D eigenvalue weighted by Gasteiger charge is 2.09. The van der Waals surface area contributed by atoms with Gasteiger partial charge in [0.2, 0.25) is 5.91 Å². The zero-order valence-corrected chi connectivity index (χ0v) is 9.60. The van der Waals surface area contributed by atoms with E-state index in [1.165, 1.54) is 0 Å². The predicted octanol–water partition coefficient (Wildman–Crippen LogP) is 0.246. The van der Waals surface area contributed by atoms with E-state index in [1.807, 2.05) is 0 Å². The fourth-order valence-corrected chi connectivity index (χ4v) is 1.12. The number of amides is 1. The van der Waals surface area contributed by atoms with E-state index < -0.39 is 0 Å². The molecular weight excluding hydrogens is 198 g/mol. The van der Waals surface area contributed by atoms with Crippen LogP contribution in [-0.4, -0.2) is 25.7 Å². The third-order valence-corrected chi connectivity index (χ3v) is 4.57. The van der Waals surface area contributed by atoms with E-state index in [0.29, 0.717) is 5.67 Å². The van der Waals surface area contributed by atoms with E-state index in [0.717, 1.165) is 16.7 Å². The van der Waals surface area contributed by atoms with E-state index in [9.17, 15) is 4.79 Å². The lowest BCUT2D eigenvalue weighted by molar-refractivity contribution is -0.123. The first-order chi connectivity index (χ1) is 4.09. The van der Waals surface area contributed by atoms with Crippen molar-refractivity contribution < 1.29 is 4.79 Å². The van der Waals surface area contributed by atoms with Gasteiger partial charge in [-0.25, -0.2) is 0 Å². The second-order valence-electron chi connectivity index (χ2n) is 2.09. The van der Waals surface area contributed by atoms with Gasteiger partial charge in [0.25, 0.3) is 0 Å². The zero-order valence-electron chi connectivity index (χ0n) is 6.02. The largest absolute Gasteiger partial charge is 0.280 e. The Hall–Kier alpha value is 0.167. The Kier molecular flexibility index (Phi) is 4.13. The van der Waals surface area contributed by atoms with Gasteiger partial charge in [0.15, 0.2) is 0 Å². The fourth-order valence-electron chi connectivity index (χ4n) is 0.471. The molecule has 1 amide bonds. The summed E-state index contributed by atoms with van der Waals surface area (Å²) in [5.74, 6) is 0.0943. The number of hydrogen-bond donors (Lipinski definition) is 0. The van der Waals surface area contributed by atoms with Crippen LogP contribution in [-0.2, 0) is 4.79 Å². The van der Waals surface area contributed by atoms with E-state index >= 15 is 0 Å². The van der Waals surface area contributed by atoms with Gasteiger partial charge in [-0.15, -0.1) is 0 Å². The Morgan fingerprint density at radius 2 is 2.33 bits per heavy atom. The molecule has 0 aliphatic carbocycles.